The maximum absolute atomic E-state index is 12.7. The third kappa shape index (κ3) is 6.60. The van der Waals surface area contributed by atoms with Crippen molar-refractivity contribution in [3.8, 4) is 5.75 Å². The predicted octanol–water partition coefficient (Wildman–Crippen LogP) is 6.06. The topological polar surface area (TPSA) is 72.9 Å². The number of imide groups is 1. The number of esters is 1. The molecule has 32 heavy (non-hydrogen) atoms. The molecule has 2 amide bonds. The smallest absolute Gasteiger partial charge is 0.326 e. The largest absolute Gasteiger partial charge is 0.488 e. The Morgan fingerprint density at radius 2 is 1.94 bits per heavy atom. The average Bonchev–Trinajstić information content (AvgIpc) is 3.02. The van der Waals surface area contributed by atoms with E-state index in [1.807, 2.05) is 25.1 Å². The van der Waals surface area contributed by atoms with Crippen molar-refractivity contribution in [2.24, 2.45) is 0 Å². The minimum atomic E-state index is -0.601. The van der Waals surface area contributed by atoms with Crippen molar-refractivity contribution < 1.29 is 23.9 Å². The Bertz CT molecular complexity index is 1040. The number of carbonyl (C=O) groups is 3. The molecular weight excluding hydrogens is 518 g/mol. The van der Waals surface area contributed by atoms with E-state index in [9.17, 15) is 14.4 Å². The number of nitrogens with zero attached hydrogens (tertiary/aromatic N) is 1. The first kappa shape index (κ1) is 24.4. The highest BCUT2D eigenvalue weighted by atomic mass is 79.9. The zero-order valence-electron chi connectivity index (χ0n) is 17.3. The second-order valence-electron chi connectivity index (χ2n) is 6.94. The number of hydrogen-bond donors (Lipinski definition) is 0. The molecule has 0 unspecified atom stereocenters. The van der Waals surface area contributed by atoms with Gasteiger partial charge in [-0.1, -0.05) is 53.0 Å². The van der Waals surface area contributed by atoms with Crippen molar-refractivity contribution in [2.75, 3.05) is 13.2 Å². The van der Waals surface area contributed by atoms with Gasteiger partial charge in [0.25, 0.3) is 11.1 Å². The lowest BCUT2D eigenvalue weighted by atomic mass is 10.1. The van der Waals surface area contributed by atoms with Crippen molar-refractivity contribution in [1.29, 1.82) is 0 Å². The van der Waals surface area contributed by atoms with Gasteiger partial charge in [0.15, 0.2) is 0 Å². The minimum absolute atomic E-state index is 0.214. The van der Waals surface area contributed by atoms with Crippen LogP contribution in [0.25, 0.3) is 6.08 Å². The zero-order chi connectivity index (χ0) is 23.1. The summed E-state index contributed by atoms with van der Waals surface area (Å²) in [5, 5.41) is 0.135. The van der Waals surface area contributed by atoms with Gasteiger partial charge in [0.05, 0.1) is 11.5 Å². The number of amides is 2. The van der Waals surface area contributed by atoms with E-state index in [2.05, 4.69) is 15.9 Å². The molecular formula is C23H21BrClNO5S. The lowest BCUT2D eigenvalue weighted by molar-refractivity contribution is -0.146. The van der Waals surface area contributed by atoms with E-state index in [0.717, 1.165) is 39.5 Å². The molecule has 0 bridgehead atoms. The first-order valence-electron chi connectivity index (χ1n) is 9.95. The van der Waals surface area contributed by atoms with Crippen molar-refractivity contribution >= 4 is 62.5 Å². The Morgan fingerprint density at radius 1 is 1.19 bits per heavy atom. The summed E-state index contributed by atoms with van der Waals surface area (Å²) >= 11 is 10.1. The van der Waals surface area contributed by atoms with Gasteiger partial charge < -0.3 is 9.47 Å². The van der Waals surface area contributed by atoms with Crippen molar-refractivity contribution in [3.05, 3.63) is 68.0 Å². The average molecular weight is 539 g/mol. The van der Waals surface area contributed by atoms with E-state index >= 15 is 0 Å². The zero-order valence-corrected chi connectivity index (χ0v) is 20.5. The highest BCUT2D eigenvalue weighted by Crippen LogP contribution is 2.35. The number of halogens is 2. The molecule has 0 saturated carbocycles. The van der Waals surface area contributed by atoms with Crippen LogP contribution < -0.4 is 4.74 Å². The van der Waals surface area contributed by atoms with Crippen molar-refractivity contribution in [2.45, 2.75) is 26.4 Å². The molecule has 168 valence electrons. The molecule has 0 atom stereocenters. The third-order valence-corrected chi connectivity index (χ3v) is 6.14. The van der Waals surface area contributed by atoms with Gasteiger partial charge in [0.1, 0.15) is 18.9 Å². The standard InChI is InChI=1S/C23H21BrClNO5S/c1-2-3-10-30-21(27)13-26-22(28)20(32-23(26)29)12-16-11-17(24)6-9-19(16)31-14-15-4-7-18(25)8-5-15/h4-9,11-12H,2-3,10,13-14H2,1H3/b20-12+. The van der Waals surface area contributed by atoms with Gasteiger partial charge in [-0.15, -0.1) is 0 Å². The highest BCUT2D eigenvalue weighted by molar-refractivity contribution is 9.10. The number of rotatable bonds is 9. The summed E-state index contributed by atoms with van der Waals surface area (Å²) in [4.78, 5) is 38.1. The van der Waals surface area contributed by atoms with E-state index < -0.39 is 23.7 Å². The summed E-state index contributed by atoms with van der Waals surface area (Å²) in [5.74, 6) is -0.582. The quantitative estimate of drug-likeness (QED) is 0.219. The second kappa shape index (κ2) is 11.5. The van der Waals surface area contributed by atoms with E-state index in [0.29, 0.717) is 22.9 Å². The van der Waals surface area contributed by atoms with Gasteiger partial charge in [0, 0.05) is 15.1 Å². The Balaban J connectivity index is 1.73. The lowest BCUT2D eigenvalue weighted by Gasteiger charge is -2.12. The van der Waals surface area contributed by atoms with Crippen LogP contribution in [0.2, 0.25) is 5.02 Å². The van der Waals surface area contributed by atoms with Crippen LogP contribution in [-0.4, -0.2) is 35.2 Å². The highest BCUT2D eigenvalue weighted by Gasteiger charge is 2.36. The predicted molar refractivity (Wildman–Crippen MR) is 128 cm³/mol. The van der Waals surface area contributed by atoms with Gasteiger partial charge in [-0.3, -0.25) is 19.3 Å². The molecule has 0 aliphatic carbocycles. The second-order valence-corrected chi connectivity index (χ2v) is 9.28. The minimum Gasteiger partial charge on any atom is -0.488 e. The van der Waals surface area contributed by atoms with Gasteiger partial charge >= 0.3 is 5.97 Å². The Hall–Kier alpha value is -2.29. The fourth-order valence-corrected chi connectivity index (χ4v) is 4.12. The normalized spacial score (nSPS) is 14.8. The van der Waals surface area contributed by atoms with Gasteiger partial charge in [-0.2, -0.15) is 0 Å². The molecule has 2 aromatic rings. The van der Waals surface area contributed by atoms with Crippen LogP contribution >= 0.6 is 39.3 Å². The van der Waals surface area contributed by atoms with Crippen LogP contribution in [0.15, 0.2) is 51.8 Å². The summed E-state index contributed by atoms with van der Waals surface area (Å²) < 4.78 is 11.8. The summed E-state index contributed by atoms with van der Waals surface area (Å²) in [6.45, 7) is 2.16. The van der Waals surface area contributed by atoms with Crippen LogP contribution in [0.3, 0.4) is 0 Å². The lowest BCUT2D eigenvalue weighted by Crippen LogP contribution is -2.34. The summed E-state index contributed by atoms with van der Waals surface area (Å²) in [7, 11) is 0. The molecule has 3 rings (SSSR count). The molecule has 1 saturated heterocycles. The summed E-state index contributed by atoms with van der Waals surface area (Å²) in [6, 6.07) is 12.7. The van der Waals surface area contributed by atoms with Crippen LogP contribution in [0.4, 0.5) is 4.79 Å². The first-order valence-corrected chi connectivity index (χ1v) is 11.9. The number of benzene rings is 2. The number of hydrogen-bond acceptors (Lipinski definition) is 6. The van der Waals surface area contributed by atoms with Crippen LogP contribution in [0.5, 0.6) is 5.75 Å². The Morgan fingerprint density at radius 3 is 2.66 bits per heavy atom. The maximum atomic E-state index is 12.7. The van der Waals surface area contributed by atoms with E-state index in [1.54, 1.807) is 30.3 Å². The molecule has 2 aromatic carbocycles. The van der Waals surface area contributed by atoms with Gasteiger partial charge in [0.2, 0.25) is 0 Å². The molecule has 1 heterocycles. The third-order valence-electron chi connectivity index (χ3n) is 4.49. The molecule has 0 spiro atoms. The molecule has 0 N–H and O–H groups in total. The number of ether oxygens (including phenoxy) is 2. The number of carbonyl (C=O) groups excluding carboxylic acids is 3. The van der Waals surface area contributed by atoms with E-state index in [4.69, 9.17) is 21.1 Å². The van der Waals surface area contributed by atoms with Crippen LogP contribution in [-0.2, 0) is 20.9 Å². The Labute approximate surface area is 204 Å². The SMILES string of the molecule is CCCCOC(=O)CN1C(=O)S/C(=C/c2cc(Br)ccc2OCc2ccc(Cl)cc2)C1=O. The molecule has 1 fully saturated rings. The molecule has 1 aliphatic heterocycles. The monoisotopic (exact) mass is 537 g/mol. The van der Waals surface area contributed by atoms with E-state index in [1.165, 1.54) is 0 Å². The number of unbranched alkanes of at least 4 members (excludes halogenated alkanes) is 1. The summed E-state index contributed by atoms with van der Waals surface area (Å²) in [6.07, 6.45) is 3.21. The molecule has 1 aliphatic rings. The molecule has 0 aromatic heterocycles. The van der Waals surface area contributed by atoms with Crippen LogP contribution in [0.1, 0.15) is 30.9 Å². The van der Waals surface area contributed by atoms with E-state index in [-0.39, 0.29) is 11.5 Å². The number of thioether (sulfide) groups is 1. The summed E-state index contributed by atoms with van der Waals surface area (Å²) in [5.41, 5.74) is 1.56. The van der Waals surface area contributed by atoms with Crippen molar-refractivity contribution in [1.82, 2.24) is 4.90 Å². The van der Waals surface area contributed by atoms with Gasteiger partial charge in [-0.05, 0) is 60.2 Å². The van der Waals surface area contributed by atoms with Crippen molar-refractivity contribution in [3.63, 3.8) is 0 Å². The fourth-order valence-electron chi connectivity index (χ4n) is 2.79. The molecule has 0 radical (unpaired) electrons. The maximum Gasteiger partial charge on any atom is 0.326 e. The first-order chi connectivity index (χ1) is 15.4. The Kier molecular flexibility index (Phi) is 8.78. The fraction of sp³-hybridized carbons (Fsp3) is 0.261. The molecule has 6 nitrogen and oxygen atoms in total. The molecule has 9 heteroatoms. The van der Waals surface area contributed by atoms with Gasteiger partial charge in [-0.25, -0.2) is 0 Å². The van der Waals surface area contributed by atoms with Crippen LogP contribution in [0, 0.1) is 0 Å².